The van der Waals surface area contributed by atoms with Crippen molar-refractivity contribution in [3.05, 3.63) is 73.1 Å². The first kappa shape index (κ1) is 23.3. The number of nitrogens with one attached hydrogen (secondary N) is 3. The number of phenols is 1. The van der Waals surface area contributed by atoms with Crippen LogP contribution in [0.1, 0.15) is 19.8 Å². The fourth-order valence-corrected chi connectivity index (χ4v) is 4.50. The van der Waals surface area contributed by atoms with E-state index >= 15 is 0 Å². The molecule has 0 radical (unpaired) electrons. The van der Waals surface area contributed by atoms with E-state index in [-0.39, 0.29) is 11.7 Å². The van der Waals surface area contributed by atoms with Gasteiger partial charge >= 0.3 is 0 Å². The largest absolute Gasteiger partial charge is 0.508 e. The molecule has 0 bridgehead atoms. The molecule has 6 rings (SSSR count). The van der Waals surface area contributed by atoms with Gasteiger partial charge in [-0.05, 0) is 42.8 Å². The second-order valence-corrected chi connectivity index (χ2v) is 8.95. The lowest BCUT2D eigenvalue weighted by Gasteiger charge is -2.06. The van der Waals surface area contributed by atoms with E-state index in [9.17, 15) is 14.3 Å². The number of hydrogen-bond donors (Lipinski definition) is 4. The summed E-state index contributed by atoms with van der Waals surface area (Å²) in [5.74, 6) is -0.777. The van der Waals surface area contributed by atoms with Crippen LogP contribution < -0.4 is 5.32 Å². The molecule has 9 nitrogen and oxygen atoms in total. The summed E-state index contributed by atoms with van der Waals surface area (Å²) >= 11 is 0. The summed E-state index contributed by atoms with van der Waals surface area (Å²) in [6, 6.07) is 11.4. The molecule has 0 spiro atoms. The van der Waals surface area contributed by atoms with Crippen molar-refractivity contribution in [3.63, 3.8) is 0 Å². The van der Waals surface area contributed by atoms with Gasteiger partial charge in [0.15, 0.2) is 0 Å². The molecule has 0 atom stereocenters. The third kappa shape index (κ3) is 4.32. The van der Waals surface area contributed by atoms with Crippen LogP contribution in [0, 0.1) is 5.82 Å². The highest BCUT2D eigenvalue weighted by Crippen LogP contribution is 2.35. The van der Waals surface area contributed by atoms with E-state index in [1.807, 2.05) is 31.2 Å². The number of rotatable bonds is 6. The fourth-order valence-electron chi connectivity index (χ4n) is 4.50. The normalized spacial score (nSPS) is 11.3. The van der Waals surface area contributed by atoms with E-state index in [1.54, 1.807) is 24.8 Å². The Hall–Kier alpha value is -5.12. The predicted molar refractivity (Wildman–Crippen MR) is 143 cm³/mol. The molecule has 6 aromatic rings. The first-order valence-electron chi connectivity index (χ1n) is 12.1. The van der Waals surface area contributed by atoms with Gasteiger partial charge in [-0.15, -0.1) is 0 Å². The van der Waals surface area contributed by atoms with E-state index in [1.165, 1.54) is 12.1 Å². The highest BCUT2D eigenvalue weighted by atomic mass is 19.1. The molecule has 1 amide bonds. The monoisotopic (exact) mass is 507 g/mol. The van der Waals surface area contributed by atoms with Crippen LogP contribution >= 0.6 is 0 Å². The van der Waals surface area contributed by atoms with E-state index in [4.69, 9.17) is 0 Å². The maximum Gasteiger partial charge on any atom is 0.224 e. The standard InChI is InChI=1S/C28H22FN7O2/c1-2-3-26(38)33-18-7-16(12-30-13-18)23-10-21-25(14-32-23)35-36-28(21)24-11-20-22(34-24)4-5-31-27(20)15-6-17(29)9-19(37)8-15/h4-14,34,37H,2-3H2,1H3,(H,33,38)(H,35,36). The lowest BCUT2D eigenvalue weighted by Crippen LogP contribution is -2.10. The molecule has 0 fully saturated rings. The summed E-state index contributed by atoms with van der Waals surface area (Å²) in [5, 5.41) is 21.9. The predicted octanol–water partition coefficient (Wildman–Crippen LogP) is 5.81. The van der Waals surface area contributed by atoms with E-state index in [0.29, 0.717) is 34.8 Å². The van der Waals surface area contributed by atoms with Gasteiger partial charge in [0, 0.05) is 52.3 Å². The topological polar surface area (TPSA) is 132 Å². The van der Waals surface area contributed by atoms with Crippen molar-refractivity contribution in [2.75, 3.05) is 5.32 Å². The van der Waals surface area contributed by atoms with Crippen LogP contribution in [0.25, 0.3) is 55.7 Å². The highest BCUT2D eigenvalue weighted by molar-refractivity contribution is 6.00. The molecule has 1 aromatic carbocycles. The smallest absolute Gasteiger partial charge is 0.224 e. The summed E-state index contributed by atoms with van der Waals surface area (Å²) in [6.07, 6.45) is 7.83. The first-order valence-corrected chi connectivity index (χ1v) is 12.1. The van der Waals surface area contributed by atoms with Crippen LogP contribution in [-0.2, 0) is 4.79 Å². The summed E-state index contributed by atoms with van der Waals surface area (Å²) in [6.45, 7) is 1.95. The first-order chi connectivity index (χ1) is 18.5. The third-order valence-electron chi connectivity index (χ3n) is 6.20. The van der Waals surface area contributed by atoms with Crippen molar-refractivity contribution in [3.8, 4) is 39.7 Å². The summed E-state index contributed by atoms with van der Waals surface area (Å²) in [4.78, 5) is 28.6. The fraction of sp³-hybridized carbons (Fsp3) is 0.107. The van der Waals surface area contributed by atoms with Crippen LogP contribution in [0.5, 0.6) is 5.75 Å². The van der Waals surface area contributed by atoms with E-state index < -0.39 is 5.82 Å². The molecular formula is C28H22FN7O2. The molecule has 5 heterocycles. The Morgan fingerprint density at radius 2 is 1.84 bits per heavy atom. The van der Waals surface area contributed by atoms with Crippen molar-refractivity contribution in [1.82, 2.24) is 30.1 Å². The van der Waals surface area contributed by atoms with Crippen molar-refractivity contribution in [1.29, 1.82) is 0 Å². The molecule has 10 heteroatoms. The Kier molecular flexibility index (Phi) is 5.76. The van der Waals surface area contributed by atoms with Gasteiger partial charge in [-0.2, -0.15) is 5.10 Å². The van der Waals surface area contributed by atoms with Gasteiger partial charge in [-0.3, -0.25) is 24.8 Å². The average Bonchev–Trinajstić information content (AvgIpc) is 3.52. The minimum absolute atomic E-state index is 0.0619. The zero-order chi connectivity index (χ0) is 26.2. The van der Waals surface area contributed by atoms with Gasteiger partial charge in [0.2, 0.25) is 5.91 Å². The molecule has 0 aliphatic heterocycles. The zero-order valence-corrected chi connectivity index (χ0v) is 20.3. The molecule has 4 N–H and O–H groups in total. The van der Waals surface area contributed by atoms with E-state index in [2.05, 4.69) is 35.5 Å². The van der Waals surface area contributed by atoms with Gasteiger partial charge in [0.25, 0.3) is 0 Å². The van der Waals surface area contributed by atoms with Crippen LogP contribution in [0.15, 0.2) is 67.3 Å². The molecular weight excluding hydrogens is 485 g/mol. The van der Waals surface area contributed by atoms with Gasteiger partial charge in [0.05, 0.1) is 40.7 Å². The van der Waals surface area contributed by atoms with Gasteiger partial charge < -0.3 is 15.4 Å². The number of hydrogen-bond acceptors (Lipinski definition) is 6. The number of aromatic amines is 2. The number of nitrogens with zero attached hydrogens (tertiary/aromatic N) is 4. The molecule has 0 unspecified atom stereocenters. The minimum Gasteiger partial charge on any atom is -0.508 e. The number of carbonyl (C=O) groups excluding carboxylic acids is 1. The second kappa shape index (κ2) is 9.40. The number of benzene rings is 1. The molecule has 5 aromatic heterocycles. The molecule has 38 heavy (non-hydrogen) atoms. The number of fused-ring (bicyclic) bond motifs is 2. The number of H-pyrrole nitrogens is 2. The van der Waals surface area contributed by atoms with Crippen LogP contribution in [0.4, 0.5) is 10.1 Å². The summed E-state index contributed by atoms with van der Waals surface area (Å²) < 4.78 is 14.0. The summed E-state index contributed by atoms with van der Waals surface area (Å²) in [5.41, 5.74) is 5.98. The van der Waals surface area contributed by atoms with Crippen LogP contribution in [0.3, 0.4) is 0 Å². The Bertz CT molecular complexity index is 1810. The number of aromatic hydroxyl groups is 1. The number of carbonyl (C=O) groups is 1. The Labute approximate surface area is 215 Å². The van der Waals surface area contributed by atoms with Gasteiger partial charge in [-0.25, -0.2) is 4.39 Å². The molecule has 188 valence electrons. The van der Waals surface area contributed by atoms with Crippen LogP contribution in [0.2, 0.25) is 0 Å². The van der Waals surface area contributed by atoms with E-state index in [0.717, 1.165) is 45.6 Å². The number of halogens is 1. The van der Waals surface area contributed by atoms with Crippen molar-refractivity contribution < 1.29 is 14.3 Å². The Morgan fingerprint density at radius 1 is 0.974 bits per heavy atom. The Balaban J connectivity index is 1.41. The van der Waals surface area contributed by atoms with Gasteiger partial charge in [-0.1, -0.05) is 6.92 Å². The maximum absolute atomic E-state index is 14.0. The molecule has 0 aliphatic carbocycles. The quantitative estimate of drug-likeness (QED) is 0.225. The zero-order valence-electron chi connectivity index (χ0n) is 20.3. The SMILES string of the molecule is CCCC(=O)Nc1cncc(-c2cc3c(-c4cc5c(-c6cc(O)cc(F)c6)nccc5[nH]4)n[nH]c3cn2)c1. The van der Waals surface area contributed by atoms with Crippen molar-refractivity contribution >= 4 is 33.4 Å². The number of pyridine rings is 3. The average molecular weight is 508 g/mol. The maximum atomic E-state index is 14.0. The number of aromatic nitrogens is 6. The lowest BCUT2D eigenvalue weighted by molar-refractivity contribution is -0.116. The van der Waals surface area contributed by atoms with Crippen LogP contribution in [-0.4, -0.2) is 41.1 Å². The van der Waals surface area contributed by atoms with Gasteiger partial charge in [0.1, 0.15) is 17.3 Å². The Morgan fingerprint density at radius 3 is 2.68 bits per heavy atom. The lowest BCUT2D eigenvalue weighted by atomic mass is 10.1. The molecule has 0 aliphatic rings. The summed E-state index contributed by atoms with van der Waals surface area (Å²) in [7, 11) is 0. The number of phenolic OH excluding ortho intramolecular Hbond substituents is 1. The molecule has 0 saturated heterocycles. The highest BCUT2D eigenvalue weighted by Gasteiger charge is 2.16. The molecule has 0 saturated carbocycles. The van der Waals surface area contributed by atoms with Crippen molar-refractivity contribution in [2.24, 2.45) is 0 Å². The third-order valence-corrected chi connectivity index (χ3v) is 6.20. The number of amides is 1. The minimum atomic E-state index is -0.545. The second-order valence-electron chi connectivity index (χ2n) is 8.95. The van der Waals surface area contributed by atoms with Crippen molar-refractivity contribution in [2.45, 2.75) is 19.8 Å². The number of anilines is 1.